The van der Waals surface area contributed by atoms with Crippen molar-refractivity contribution >= 4 is 39.8 Å². The van der Waals surface area contributed by atoms with Crippen LogP contribution in [0.15, 0.2) is 72.8 Å². The SMILES string of the molecule is C[Si](C)(C)c1ccc(C(c2ccc([Si](C)(C)C)cc2)c2ccc([Si](C)(C)C)cc2)cc1. The van der Waals surface area contributed by atoms with Gasteiger partial charge in [-0.1, -0.05) is 147 Å². The highest BCUT2D eigenvalue weighted by Gasteiger charge is 2.23. The fraction of sp³-hybridized carbons (Fsp3) is 0.357. The molecule has 0 bridgehead atoms. The van der Waals surface area contributed by atoms with Gasteiger partial charge in [0.05, 0.1) is 24.2 Å². The number of rotatable bonds is 6. The van der Waals surface area contributed by atoms with Gasteiger partial charge >= 0.3 is 0 Å². The zero-order valence-corrected chi connectivity index (χ0v) is 24.0. The first kappa shape index (κ1) is 24.0. The summed E-state index contributed by atoms with van der Waals surface area (Å²) in [4.78, 5) is 0. The van der Waals surface area contributed by atoms with Crippen molar-refractivity contribution in [3.05, 3.63) is 89.5 Å². The Morgan fingerprint density at radius 2 is 0.548 bits per heavy atom. The Morgan fingerprint density at radius 3 is 0.710 bits per heavy atom. The van der Waals surface area contributed by atoms with Crippen LogP contribution in [0.2, 0.25) is 58.9 Å². The Kier molecular flexibility index (Phi) is 6.71. The summed E-state index contributed by atoms with van der Waals surface area (Å²) in [6.45, 7) is 21.8. The molecule has 0 radical (unpaired) electrons. The van der Waals surface area contributed by atoms with Crippen LogP contribution in [0.25, 0.3) is 0 Å². The Bertz CT molecular complexity index is 858. The molecule has 0 amide bonds. The maximum absolute atomic E-state index is 2.42. The molecule has 0 spiro atoms. The zero-order chi connectivity index (χ0) is 23.0. The molecule has 0 aliphatic carbocycles. The van der Waals surface area contributed by atoms with Gasteiger partial charge in [0.25, 0.3) is 0 Å². The fourth-order valence-electron chi connectivity index (χ4n) is 4.10. The van der Waals surface area contributed by atoms with Gasteiger partial charge in [0, 0.05) is 5.92 Å². The minimum Gasteiger partial charge on any atom is -0.0656 e. The number of benzene rings is 3. The van der Waals surface area contributed by atoms with E-state index in [0.29, 0.717) is 0 Å². The Labute approximate surface area is 193 Å². The minimum atomic E-state index is -1.30. The van der Waals surface area contributed by atoms with Crippen molar-refractivity contribution in [2.75, 3.05) is 0 Å². The van der Waals surface area contributed by atoms with Gasteiger partial charge in [-0.25, -0.2) is 0 Å². The van der Waals surface area contributed by atoms with E-state index in [9.17, 15) is 0 Å². The number of hydrogen-bond donors (Lipinski definition) is 0. The molecule has 164 valence electrons. The number of hydrogen-bond acceptors (Lipinski definition) is 0. The quantitative estimate of drug-likeness (QED) is 0.291. The van der Waals surface area contributed by atoms with Crippen LogP contribution in [0.4, 0.5) is 0 Å². The molecule has 3 aromatic carbocycles. The lowest BCUT2D eigenvalue weighted by Gasteiger charge is -2.24. The van der Waals surface area contributed by atoms with E-state index >= 15 is 0 Å². The third kappa shape index (κ3) is 5.76. The van der Waals surface area contributed by atoms with E-state index in [1.807, 2.05) is 0 Å². The van der Waals surface area contributed by atoms with E-state index in [0.717, 1.165) is 0 Å². The molecule has 0 nitrogen and oxygen atoms in total. The molecular formula is C28H40Si3. The van der Waals surface area contributed by atoms with Crippen LogP contribution in [-0.4, -0.2) is 24.2 Å². The Hall–Kier alpha value is -1.69. The van der Waals surface area contributed by atoms with Gasteiger partial charge in [0.1, 0.15) is 0 Å². The molecule has 0 unspecified atom stereocenters. The molecule has 3 aromatic rings. The summed E-state index contributed by atoms with van der Waals surface area (Å²) >= 11 is 0. The predicted molar refractivity (Wildman–Crippen MR) is 149 cm³/mol. The van der Waals surface area contributed by atoms with Crippen LogP contribution < -0.4 is 15.6 Å². The first-order valence-corrected chi connectivity index (χ1v) is 22.1. The van der Waals surface area contributed by atoms with E-state index in [-0.39, 0.29) is 5.92 Å². The molecule has 0 heterocycles. The monoisotopic (exact) mass is 460 g/mol. The molecule has 0 saturated carbocycles. The standard InChI is InChI=1S/C28H40Si3/c1-29(2,3)25-16-10-22(11-17-25)28(23-12-18-26(19-13-23)30(4,5)6)24-14-20-27(21-15-24)31(7,8)9/h10-21,28H,1-9H3. The topological polar surface area (TPSA) is 0 Å². The average Bonchev–Trinajstić information content (AvgIpc) is 2.67. The third-order valence-corrected chi connectivity index (χ3v) is 12.5. The van der Waals surface area contributed by atoms with E-state index in [2.05, 4.69) is 132 Å². The molecule has 0 saturated heterocycles. The molecule has 3 heteroatoms. The van der Waals surface area contributed by atoms with Gasteiger partial charge in [-0.15, -0.1) is 0 Å². The summed E-state index contributed by atoms with van der Waals surface area (Å²) < 4.78 is 0. The van der Waals surface area contributed by atoms with Crippen molar-refractivity contribution in [2.24, 2.45) is 0 Å². The maximum atomic E-state index is 2.42. The summed E-state index contributed by atoms with van der Waals surface area (Å²) in [5, 5.41) is 4.58. The van der Waals surface area contributed by atoms with Crippen molar-refractivity contribution in [1.29, 1.82) is 0 Å². The highest BCUT2D eigenvalue weighted by atomic mass is 28.3. The lowest BCUT2D eigenvalue weighted by molar-refractivity contribution is 0.979. The van der Waals surface area contributed by atoms with Gasteiger partial charge in [0.15, 0.2) is 0 Å². The summed E-state index contributed by atoms with van der Waals surface area (Å²) in [5.41, 5.74) is 4.18. The molecular weight excluding hydrogens is 421 g/mol. The smallest absolute Gasteiger partial charge is 0.0656 e. The minimum absolute atomic E-state index is 0.280. The van der Waals surface area contributed by atoms with E-state index in [1.54, 1.807) is 0 Å². The molecule has 0 aromatic heterocycles. The highest BCUT2D eigenvalue weighted by Crippen LogP contribution is 2.31. The summed E-state index contributed by atoms with van der Waals surface area (Å²) in [6, 6.07) is 28.5. The highest BCUT2D eigenvalue weighted by molar-refractivity contribution is 6.89. The largest absolute Gasteiger partial charge is 0.0775 e. The van der Waals surface area contributed by atoms with Crippen LogP contribution in [0.3, 0.4) is 0 Å². The average molecular weight is 461 g/mol. The van der Waals surface area contributed by atoms with Crippen LogP contribution in [0.5, 0.6) is 0 Å². The second kappa shape index (κ2) is 8.68. The summed E-state index contributed by atoms with van der Waals surface area (Å²) in [7, 11) is -3.89. The normalized spacial score (nSPS) is 13.0. The van der Waals surface area contributed by atoms with Crippen LogP contribution in [-0.2, 0) is 0 Å². The van der Waals surface area contributed by atoms with E-state index in [1.165, 1.54) is 32.3 Å². The molecule has 0 fully saturated rings. The maximum Gasteiger partial charge on any atom is 0.0775 e. The second-order valence-electron chi connectivity index (χ2n) is 12.0. The summed E-state index contributed by atoms with van der Waals surface area (Å²) in [6.07, 6.45) is 0. The first-order valence-electron chi connectivity index (χ1n) is 11.6. The van der Waals surface area contributed by atoms with Crippen LogP contribution in [0, 0.1) is 0 Å². The van der Waals surface area contributed by atoms with Crippen molar-refractivity contribution in [3.8, 4) is 0 Å². The Morgan fingerprint density at radius 1 is 0.355 bits per heavy atom. The Balaban J connectivity index is 2.08. The third-order valence-electron chi connectivity index (χ3n) is 6.33. The van der Waals surface area contributed by atoms with Crippen LogP contribution >= 0.6 is 0 Å². The van der Waals surface area contributed by atoms with Crippen LogP contribution in [0.1, 0.15) is 22.6 Å². The lowest BCUT2D eigenvalue weighted by Crippen LogP contribution is -2.37. The van der Waals surface area contributed by atoms with Crippen molar-refractivity contribution in [2.45, 2.75) is 64.8 Å². The molecule has 31 heavy (non-hydrogen) atoms. The van der Waals surface area contributed by atoms with Crippen molar-refractivity contribution in [3.63, 3.8) is 0 Å². The lowest BCUT2D eigenvalue weighted by atomic mass is 9.85. The van der Waals surface area contributed by atoms with Gasteiger partial charge in [-0.05, 0) is 16.7 Å². The predicted octanol–water partition coefficient (Wildman–Crippen LogP) is 6.50. The molecule has 0 N–H and O–H groups in total. The molecule has 0 aliphatic rings. The molecule has 0 aliphatic heterocycles. The second-order valence-corrected chi connectivity index (χ2v) is 27.3. The van der Waals surface area contributed by atoms with Gasteiger partial charge in [0.2, 0.25) is 0 Å². The zero-order valence-electron chi connectivity index (χ0n) is 21.0. The van der Waals surface area contributed by atoms with E-state index in [4.69, 9.17) is 0 Å². The molecule has 0 atom stereocenters. The van der Waals surface area contributed by atoms with Gasteiger partial charge in [-0.3, -0.25) is 0 Å². The van der Waals surface area contributed by atoms with E-state index < -0.39 is 24.2 Å². The first-order chi connectivity index (χ1) is 14.3. The summed E-state index contributed by atoms with van der Waals surface area (Å²) in [5.74, 6) is 0.280. The molecule has 3 rings (SSSR count). The van der Waals surface area contributed by atoms with Crippen molar-refractivity contribution in [1.82, 2.24) is 0 Å². The fourth-order valence-corrected chi connectivity index (χ4v) is 7.60. The van der Waals surface area contributed by atoms with Gasteiger partial charge < -0.3 is 0 Å². The van der Waals surface area contributed by atoms with Gasteiger partial charge in [-0.2, -0.15) is 0 Å². The van der Waals surface area contributed by atoms with Crippen molar-refractivity contribution < 1.29 is 0 Å².